The lowest BCUT2D eigenvalue weighted by Crippen LogP contribution is -2.28. The lowest BCUT2D eigenvalue weighted by molar-refractivity contribution is 0.131. The number of hydrogen-bond donors (Lipinski definition) is 0. The van der Waals surface area contributed by atoms with Crippen LogP contribution in [-0.2, 0) is 12.8 Å². The van der Waals surface area contributed by atoms with Crippen LogP contribution in [0.1, 0.15) is 62.3 Å². The molecule has 0 amide bonds. The number of ether oxygens (including phenoxy) is 1. The molecule has 188 valence electrons. The first-order valence-corrected chi connectivity index (χ1v) is 12.7. The summed E-state index contributed by atoms with van der Waals surface area (Å²) in [7, 11) is 0. The summed E-state index contributed by atoms with van der Waals surface area (Å²) in [6.45, 7) is 9.94. The van der Waals surface area contributed by atoms with Crippen molar-refractivity contribution in [1.82, 2.24) is 9.55 Å². The number of aryl methyl sites for hydroxylation is 2. The van der Waals surface area contributed by atoms with E-state index < -0.39 is 0 Å². The molecule has 0 aliphatic heterocycles. The average molecular weight is 492 g/mol. The van der Waals surface area contributed by atoms with E-state index in [9.17, 15) is 10.1 Å². The summed E-state index contributed by atoms with van der Waals surface area (Å²) < 4.78 is 7.60. The molecule has 0 aliphatic carbocycles. The van der Waals surface area contributed by atoms with Gasteiger partial charge in [0, 0.05) is 12.0 Å². The first-order valence-electron chi connectivity index (χ1n) is 12.7. The van der Waals surface area contributed by atoms with E-state index in [4.69, 9.17) is 9.72 Å². The molecule has 0 radical (unpaired) electrons. The number of benzene rings is 3. The standard InChI is InChI=1S/C32H33N3O2/c1-6-11-30-28(20-24-14-10-15-27(29(24)21-33)23-12-8-7-9-13-23)31(36)35(22(2)34-30)25-16-18-26(19-17-25)37-32(3,4)5/h7-10,12-19H,6,11,20H2,1-5H3. The van der Waals surface area contributed by atoms with E-state index in [2.05, 4.69) is 13.0 Å². The molecule has 0 saturated heterocycles. The molecule has 0 N–H and O–H groups in total. The maximum atomic E-state index is 14.0. The van der Waals surface area contributed by atoms with Crippen LogP contribution in [0.15, 0.2) is 77.6 Å². The van der Waals surface area contributed by atoms with Crippen molar-refractivity contribution in [3.8, 4) is 28.6 Å². The van der Waals surface area contributed by atoms with Crippen LogP contribution in [0.25, 0.3) is 16.8 Å². The van der Waals surface area contributed by atoms with Crippen molar-refractivity contribution in [3.05, 3.63) is 111 Å². The molecule has 1 heterocycles. The van der Waals surface area contributed by atoms with Gasteiger partial charge in [0.1, 0.15) is 23.2 Å². The Morgan fingerprint density at radius 1 is 0.973 bits per heavy atom. The van der Waals surface area contributed by atoms with Gasteiger partial charge in [-0.1, -0.05) is 61.9 Å². The highest BCUT2D eigenvalue weighted by molar-refractivity contribution is 5.72. The molecule has 5 nitrogen and oxygen atoms in total. The van der Waals surface area contributed by atoms with Crippen molar-refractivity contribution in [1.29, 1.82) is 5.26 Å². The fourth-order valence-corrected chi connectivity index (χ4v) is 4.59. The molecule has 0 aliphatic rings. The summed E-state index contributed by atoms with van der Waals surface area (Å²) in [6, 6.07) is 25.6. The Bertz CT molecular complexity index is 1490. The molecule has 5 heteroatoms. The van der Waals surface area contributed by atoms with E-state index in [0.717, 1.165) is 40.2 Å². The van der Waals surface area contributed by atoms with Gasteiger partial charge >= 0.3 is 0 Å². The molecule has 0 atom stereocenters. The van der Waals surface area contributed by atoms with Crippen molar-refractivity contribution in [2.45, 2.75) is 59.5 Å². The predicted molar refractivity (Wildman–Crippen MR) is 148 cm³/mol. The summed E-state index contributed by atoms with van der Waals surface area (Å²) in [6.07, 6.45) is 1.91. The third-order valence-electron chi connectivity index (χ3n) is 6.15. The molecule has 1 aromatic heterocycles. The SMILES string of the molecule is CCCc1nc(C)n(-c2ccc(OC(C)(C)C)cc2)c(=O)c1Cc1cccc(-c2ccccc2)c1C#N. The lowest BCUT2D eigenvalue weighted by Gasteiger charge is -2.21. The Balaban J connectivity index is 1.81. The third kappa shape index (κ3) is 5.81. The molecule has 3 aromatic carbocycles. The van der Waals surface area contributed by atoms with Crippen molar-refractivity contribution in [2.24, 2.45) is 0 Å². The van der Waals surface area contributed by atoms with E-state index in [1.165, 1.54) is 0 Å². The first kappa shape index (κ1) is 25.9. The minimum Gasteiger partial charge on any atom is -0.488 e. The molecule has 0 unspecified atom stereocenters. The Hall–Kier alpha value is -4.17. The largest absolute Gasteiger partial charge is 0.488 e. The van der Waals surface area contributed by atoms with Crippen LogP contribution >= 0.6 is 0 Å². The van der Waals surface area contributed by atoms with E-state index in [1.54, 1.807) is 4.57 Å². The van der Waals surface area contributed by atoms with E-state index in [1.807, 2.05) is 100 Å². The molecule has 4 aromatic rings. The normalized spacial score (nSPS) is 11.2. The second-order valence-electron chi connectivity index (χ2n) is 10.2. The van der Waals surface area contributed by atoms with E-state index >= 15 is 0 Å². The summed E-state index contributed by atoms with van der Waals surface area (Å²) in [4.78, 5) is 18.8. The fraction of sp³-hybridized carbons (Fsp3) is 0.281. The molecule has 0 fully saturated rings. The van der Waals surface area contributed by atoms with Gasteiger partial charge < -0.3 is 4.74 Å². The van der Waals surface area contributed by atoms with Crippen LogP contribution in [0, 0.1) is 18.3 Å². The monoisotopic (exact) mass is 491 g/mol. The zero-order valence-corrected chi connectivity index (χ0v) is 22.2. The first-order chi connectivity index (χ1) is 17.7. The number of nitrogens with zero attached hydrogens (tertiary/aromatic N) is 3. The van der Waals surface area contributed by atoms with Crippen LogP contribution in [-0.4, -0.2) is 15.2 Å². The molecule has 4 rings (SSSR count). The minimum atomic E-state index is -0.308. The summed E-state index contributed by atoms with van der Waals surface area (Å²) in [5.74, 6) is 1.38. The summed E-state index contributed by atoms with van der Waals surface area (Å²) in [5, 5.41) is 10.1. The van der Waals surface area contributed by atoms with Gasteiger partial charge in [-0.3, -0.25) is 9.36 Å². The lowest BCUT2D eigenvalue weighted by atomic mass is 9.92. The Morgan fingerprint density at radius 3 is 2.30 bits per heavy atom. The number of hydrogen-bond acceptors (Lipinski definition) is 4. The van der Waals surface area contributed by atoms with Gasteiger partial charge in [0.25, 0.3) is 5.56 Å². The highest BCUT2D eigenvalue weighted by atomic mass is 16.5. The van der Waals surface area contributed by atoms with E-state index in [0.29, 0.717) is 29.8 Å². The van der Waals surface area contributed by atoms with Gasteiger partial charge in [-0.05, 0) is 75.1 Å². The quantitative estimate of drug-likeness (QED) is 0.285. The van der Waals surface area contributed by atoms with Gasteiger partial charge in [-0.25, -0.2) is 4.98 Å². The second kappa shape index (κ2) is 10.8. The zero-order chi connectivity index (χ0) is 26.6. The van der Waals surface area contributed by atoms with Crippen LogP contribution < -0.4 is 10.3 Å². The van der Waals surface area contributed by atoms with Crippen molar-refractivity contribution in [2.75, 3.05) is 0 Å². The van der Waals surface area contributed by atoms with Crippen molar-refractivity contribution < 1.29 is 4.74 Å². The van der Waals surface area contributed by atoms with Gasteiger partial charge in [-0.2, -0.15) is 5.26 Å². The van der Waals surface area contributed by atoms with Crippen molar-refractivity contribution in [3.63, 3.8) is 0 Å². The molecule has 37 heavy (non-hydrogen) atoms. The van der Waals surface area contributed by atoms with Gasteiger partial charge in [0.05, 0.1) is 16.9 Å². The molecule has 0 spiro atoms. The predicted octanol–water partition coefficient (Wildman–Crippen LogP) is 6.80. The smallest absolute Gasteiger partial charge is 0.261 e. The summed E-state index contributed by atoms with van der Waals surface area (Å²) >= 11 is 0. The molecular weight excluding hydrogens is 458 g/mol. The third-order valence-corrected chi connectivity index (χ3v) is 6.15. The fourth-order valence-electron chi connectivity index (χ4n) is 4.59. The second-order valence-corrected chi connectivity index (χ2v) is 10.2. The van der Waals surface area contributed by atoms with Crippen LogP contribution in [0.5, 0.6) is 5.75 Å². The van der Waals surface area contributed by atoms with Gasteiger partial charge in [0.15, 0.2) is 0 Å². The number of nitriles is 1. The Labute approximate surface area is 219 Å². The average Bonchev–Trinajstić information content (AvgIpc) is 2.87. The highest BCUT2D eigenvalue weighted by Gasteiger charge is 2.19. The van der Waals surface area contributed by atoms with Crippen molar-refractivity contribution >= 4 is 0 Å². The Morgan fingerprint density at radius 2 is 1.68 bits per heavy atom. The molecule has 0 saturated carbocycles. The van der Waals surface area contributed by atoms with Gasteiger partial charge in [0.2, 0.25) is 0 Å². The van der Waals surface area contributed by atoms with E-state index in [-0.39, 0.29) is 11.2 Å². The molecular formula is C32H33N3O2. The maximum absolute atomic E-state index is 14.0. The van der Waals surface area contributed by atoms with Crippen LogP contribution in [0.3, 0.4) is 0 Å². The molecule has 0 bridgehead atoms. The maximum Gasteiger partial charge on any atom is 0.261 e. The number of aromatic nitrogens is 2. The summed E-state index contributed by atoms with van der Waals surface area (Å²) in [5.41, 5.74) is 5.01. The zero-order valence-electron chi connectivity index (χ0n) is 22.2. The van der Waals surface area contributed by atoms with Crippen LogP contribution in [0.4, 0.5) is 0 Å². The van der Waals surface area contributed by atoms with Gasteiger partial charge in [-0.15, -0.1) is 0 Å². The highest BCUT2D eigenvalue weighted by Crippen LogP contribution is 2.28. The Kier molecular flexibility index (Phi) is 7.59. The number of rotatable bonds is 7. The van der Waals surface area contributed by atoms with Crippen LogP contribution in [0.2, 0.25) is 0 Å². The topological polar surface area (TPSA) is 67.9 Å². The minimum absolute atomic E-state index is 0.102.